The normalized spacial score (nSPS) is 43.5. The lowest BCUT2D eigenvalue weighted by Gasteiger charge is -2.27. The van der Waals surface area contributed by atoms with Crippen molar-refractivity contribution in [1.82, 2.24) is 0 Å². The molecule has 2 rings (SSSR count). The van der Waals surface area contributed by atoms with Crippen molar-refractivity contribution in [1.29, 1.82) is 0 Å². The molecule has 0 aromatic carbocycles. The Morgan fingerprint density at radius 1 is 1.58 bits per heavy atom. The Bertz CT molecular complexity index is 244. The van der Waals surface area contributed by atoms with Crippen LogP contribution in [0.25, 0.3) is 0 Å². The quantitative estimate of drug-likeness (QED) is 0.438. The van der Waals surface area contributed by atoms with Gasteiger partial charge in [0.2, 0.25) is 0 Å². The zero-order valence-corrected chi connectivity index (χ0v) is 7.54. The van der Waals surface area contributed by atoms with E-state index in [1.54, 1.807) is 0 Å². The zero-order chi connectivity index (χ0) is 8.77. The summed E-state index contributed by atoms with van der Waals surface area (Å²) in [5.41, 5.74) is -0.228. The molecule has 2 bridgehead atoms. The average Bonchev–Trinajstić information content (AvgIpc) is 2.62. The molecule has 0 aromatic heterocycles. The molecular weight excluding hydrogens is 152 g/mol. The highest BCUT2D eigenvalue weighted by molar-refractivity contribution is 5.78. The highest BCUT2D eigenvalue weighted by Gasteiger charge is 2.50. The van der Waals surface area contributed by atoms with Gasteiger partial charge in [-0.15, -0.1) is 0 Å². The number of methoxy groups -OCH3 is 1. The zero-order valence-electron chi connectivity index (χ0n) is 7.54. The number of fused-ring (bicyclic) bond motifs is 2. The summed E-state index contributed by atoms with van der Waals surface area (Å²) >= 11 is 0. The fraction of sp³-hybridized carbons (Fsp3) is 0.700. The van der Waals surface area contributed by atoms with Crippen molar-refractivity contribution in [2.45, 2.75) is 19.8 Å². The topological polar surface area (TPSA) is 26.3 Å². The summed E-state index contributed by atoms with van der Waals surface area (Å²) in [5, 5.41) is 0. The van der Waals surface area contributed by atoms with Gasteiger partial charge >= 0.3 is 5.97 Å². The largest absolute Gasteiger partial charge is 0.469 e. The molecule has 3 atom stereocenters. The smallest absolute Gasteiger partial charge is 0.312 e. The molecule has 12 heavy (non-hydrogen) atoms. The summed E-state index contributed by atoms with van der Waals surface area (Å²) in [7, 11) is 1.48. The van der Waals surface area contributed by atoms with Crippen LogP contribution in [0, 0.1) is 17.3 Å². The standard InChI is InChI=1S/C10H14O2/c1-10(9(11)12-2)6-7-3-4-8(10)5-7/h3-4,7-8H,5-6H2,1-2H3/t7-,8?,10?/m1/s1. The maximum Gasteiger partial charge on any atom is 0.312 e. The fourth-order valence-corrected chi connectivity index (χ4v) is 2.56. The van der Waals surface area contributed by atoms with Crippen LogP contribution in [0.15, 0.2) is 12.2 Å². The first-order chi connectivity index (χ1) is 5.66. The molecule has 2 aliphatic rings. The van der Waals surface area contributed by atoms with Crippen molar-refractivity contribution in [2.75, 3.05) is 7.11 Å². The van der Waals surface area contributed by atoms with Gasteiger partial charge in [-0.1, -0.05) is 12.2 Å². The monoisotopic (exact) mass is 166 g/mol. The van der Waals surface area contributed by atoms with Crippen molar-refractivity contribution in [3.05, 3.63) is 12.2 Å². The van der Waals surface area contributed by atoms with Gasteiger partial charge in [-0.05, 0) is 31.6 Å². The number of esters is 1. The minimum absolute atomic E-state index is 0.0423. The van der Waals surface area contributed by atoms with Crippen molar-refractivity contribution in [3.8, 4) is 0 Å². The van der Waals surface area contributed by atoms with Crippen LogP contribution in [0.3, 0.4) is 0 Å². The Morgan fingerprint density at radius 3 is 2.75 bits per heavy atom. The molecule has 0 amide bonds. The third kappa shape index (κ3) is 0.838. The summed E-state index contributed by atoms with van der Waals surface area (Å²) in [6, 6.07) is 0. The van der Waals surface area contributed by atoms with E-state index in [4.69, 9.17) is 4.74 Å². The minimum Gasteiger partial charge on any atom is -0.469 e. The second-order valence-electron chi connectivity index (χ2n) is 4.10. The molecule has 0 radical (unpaired) electrons. The molecular formula is C10H14O2. The maximum absolute atomic E-state index is 11.5. The molecule has 2 heteroatoms. The van der Waals surface area contributed by atoms with Gasteiger partial charge in [0.05, 0.1) is 12.5 Å². The first-order valence-electron chi connectivity index (χ1n) is 4.43. The molecule has 2 nitrogen and oxygen atoms in total. The predicted molar refractivity (Wildman–Crippen MR) is 45.5 cm³/mol. The number of allylic oxidation sites excluding steroid dienone is 2. The number of rotatable bonds is 1. The maximum atomic E-state index is 11.5. The molecule has 66 valence electrons. The van der Waals surface area contributed by atoms with E-state index in [1.165, 1.54) is 7.11 Å². The van der Waals surface area contributed by atoms with Crippen molar-refractivity contribution in [3.63, 3.8) is 0 Å². The second kappa shape index (κ2) is 2.35. The fourth-order valence-electron chi connectivity index (χ4n) is 2.56. The van der Waals surface area contributed by atoms with Crippen LogP contribution >= 0.6 is 0 Å². The van der Waals surface area contributed by atoms with Gasteiger partial charge in [0.1, 0.15) is 0 Å². The lowest BCUT2D eigenvalue weighted by molar-refractivity contribution is -0.153. The summed E-state index contributed by atoms with van der Waals surface area (Å²) in [6.07, 6.45) is 6.52. The summed E-state index contributed by atoms with van der Waals surface area (Å²) < 4.78 is 4.82. The van der Waals surface area contributed by atoms with Gasteiger partial charge < -0.3 is 4.74 Å². The van der Waals surface area contributed by atoms with Crippen LogP contribution in [-0.4, -0.2) is 13.1 Å². The average molecular weight is 166 g/mol. The molecule has 2 aliphatic carbocycles. The first kappa shape index (κ1) is 7.84. The van der Waals surface area contributed by atoms with Gasteiger partial charge in [0, 0.05) is 0 Å². The third-order valence-electron chi connectivity index (χ3n) is 3.33. The van der Waals surface area contributed by atoms with Crippen molar-refractivity contribution >= 4 is 5.97 Å². The SMILES string of the molecule is COC(=O)C1(C)C[C@@H]2C=CC1C2. The van der Waals surface area contributed by atoms with E-state index in [2.05, 4.69) is 12.2 Å². The van der Waals surface area contributed by atoms with Gasteiger partial charge in [-0.3, -0.25) is 4.79 Å². The molecule has 2 unspecified atom stereocenters. The summed E-state index contributed by atoms with van der Waals surface area (Å²) in [6.45, 7) is 2.02. The molecule has 0 heterocycles. The van der Waals surface area contributed by atoms with Crippen LogP contribution in [0.5, 0.6) is 0 Å². The van der Waals surface area contributed by atoms with Crippen molar-refractivity contribution < 1.29 is 9.53 Å². The Hall–Kier alpha value is -0.790. The van der Waals surface area contributed by atoms with Crippen LogP contribution in [-0.2, 0) is 9.53 Å². The van der Waals surface area contributed by atoms with E-state index < -0.39 is 0 Å². The van der Waals surface area contributed by atoms with Crippen LogP contribution in [0.1, 0.15) is 19.8 Å². The highest BCUT2D eigenvalue weighted by Crippen LogP contribution is 2.52. The number of carbonyl (C=O) groups is 1. The number of ether oxygens (including phenoxy) is 1. The Labute approximate surface area is 72.6 Å². The molecule has 1 fully saturated rings. The molecule has 1 saturated carbocycles. The lowest BCUT2D eigenvalue weighted by atomic mass is 9.78. The number of hydrogen-bond donors (Lipinski definition) is 0. The summed E-state index contributed by atoms with van der Waals surface area (Å²) in [5.74, 6) is 1.01. The van der Waals surface area contributed by atoms with E-state index in [1.807, 2.05) is 6.92 Å². The van der Waals surface area contributed by atoms with Crippen LogP contribution in [0.2, 0.25) is 0 Å². The van der Waals surface area contributed by atoms with E-state index in [0.717, 1.165) is 12.8 Å². The summed E-state index contributed by atoms with van der Waals surface area (Å²) in [4.78, 5) is 11.5. The van der Waals surface area contributed by atoms with Crippen LogP contribution < -0.4 is 0 Å². The Balaban J connectivity index is 2.23. The van der Waals surface area contributed by atoms with Crippen LogP contribution in [0.4, 0.5) is 0 Å². The molecule has 0 spiro atoms. The van der Waals surface area contributed by atoms with Gasteiger partial charge in [0.15, 0.2) is 0 Å². The van der Waals surface area contributed by atoms with E-state index >= 15 is 0 Å². The Kier molecular flexibility index (Phi) is 1.53. The van der Waals surface area contributed by atoms with Crippen molar-refractivity contribution in [2.24, 2.45) is 17.3 Å². The highest BCUT2D eigenvalue weighted by atomic mass is 16.5. The molecule has 0 N–H and O–H groups in total. The minimum atomic E-state index is -0.228. The van der Waals surface area contributed by atoms with Gasteiger partial charge in [-0.2, -0.15) is 0 Å². The lowest BCUT2D eigenvalue weighted by Crippen LogP contribution is -2.32. The molecule has 0 saturated heterocycles. The molecule has 0 aromatic rings. The van der Waals surface area contributed by atoms with Gasteiger partial charge in [0.25, 0.3) is 0 Å². The Morgan fingerprint density at radius 2 is 2.33 bits per heavy atom. The van der Waals surface area contributed by atoms with E-state index in [-0.39, 0.29) is 11.4 Å². The van der Waals surface area contributed by atoms with E-state index in [9.17, 15) is 4.79 Å². The molecule has 0 aliphatic heterocycles. The van der Waals surface area contributed by atoms with Gasteiger partial charge in [-0.25, -0.2) is 0 Å². The first-order valence-corrected chi connectivity index (χ1v) is 4.43. The number of carbonyl (C=O) groups excluding carboxylic acids is 1. The van der Waals surface area contributed by atoms with E-state index in [0.29, 0.717) is 11.8 Å². The second-order valence-corrected chi connectivity index (χ2v) is 4.10. The third-order valence-corrected chi connectivity index (χ3v) is 3.33. The number of hydrogen-bond acceptors (Lipinski definition) is 2. The predicted octanol–water partition coefficient (Wildman–Crippen LogP) is 1.76.